The molecule has 0 aliphatic heterocycles. The Labute approximate surface area is 135 Å². The molecule has 1 amide bonds. The lowest BCUT2D eigenvalue weighted by molar-refractivity contribution is 0.0827. The molecule has 8 heteroatoms. The van der Waals surface area contributed by atoms with Crippen molar-refractivity contribution < 1.29 is 9.53 Å². The maximum absolute atomic E-state index is 11.9. The van der Waals surface area contributed by atoms with Gasteiger partial charge >= 0.3 is 0 Å². The molecule has 0 bridgehead atoms. The van der Waals surface area contributed by atoms with Crippen LogP contribution in [0.15, 0.2) is 24.7 Å². The molecule has 0 N–H and O–H groups in total. The van der Waals surface area contributed by atoms with Crippen molar-refractivity contribution in [3.05, 3.63) is 36.0 Å². The van der Waals surface area contributed by atoms with Gasteiger partial charge in [-0.15, -0.1) is 10.2 Å². The summed E-state index contributed by atoms with van der Waals surface area (Å²) in [6, 6.07) is 3.60. The van der Waals surface area contributed by atoms with Crippen LogP contribution in [0.2, 0.25) is 0 Å². The smallest absolute Gasteiger partial charge is 0.254 e. The van der Waals surface area contributed by atoms with Gasteiger partial charge in [0, 0.05) is 41.0 Å². The fraction of sp³-hybridized carbons (Fsp3) is 0.467. The Balaban J connectivity index is 2.05. The lowest BCUT2D eigenvalue weighted by Gasteiger charge is -2.18. The minimum Gasteiger partial charge on any atom is -0.383 e. The first-order chi connectivity index (χ1) is 11.0. The molecule has 0 aromatic carbocycles. The number of hydrogen-bond acceptors (Lipinski definition) is 6. The van der Waals surface area contributed by atoms with E-state index in [0.29, 0.717) is 25.3 Å². The van der Waals surface area contributed by atoms with Crippen LogP contribution in [0.5, 0.6) is 0 Å². The molecule has 8 nitrogen and oxygen atoms in total. The average molecular weight is 318 g/mol. The molecule has 2 rings (SSSR count). The first-order valence-electron chi connectivity index (χ1n) is 7.27. The zero-order chi connectivity index (χ0) is 16.8. The summed E-state index contributed by atoms with van der Waals surface area (Å²) in [5.74, 6) is 1.53. The van der Waals surface area contributed by atoms with Crippen LogP contribution in [-0.4, -0.2) is 65.4 Å². The number of carbonyl (C=O) groups is 1. The lowest BCUT2D eigenvalue weighted by Crippen LogP contribution is -2.23. The van der Waals surface area contributed by atoms with E-state index < -0.39 is 0 Å². The summed E-state index contributed by atoms with van der Waals surface area (Å²) < 4.78 is 7.02. The number of hydrogen-bond donors (Lipinski definition) is 0. The minimum absolute atomic E-state index is 0.0639. The van der Waals surface area contributed by atoms with Crippen molar-refractivity contribution in [2.45, 2.75) is 13.1 Å². The standard InChI is InChI=1S/C15H22N6O2/c1-19(2)15(22)12-5-6-13(16-9-12)20(3)10-14-18-17-11-21(14)7-8-23-4/h5-6,9,11H,7-8,10H2,1-4H3. The van der Waals surface area contributed by atoms with Gasteiger partial charge in [0.25, 0.3) is 5.91 Å². The third kappa shape index (κ3) is 4.26. The second-order valence-electron chi connectivity index (χ2n) is 5.39. The number of methoxy groups -OCH3 is 1. The van der Waals surface area contributed by atoms with Crippen LogP contribution in [0.4, 0.5) is 5.82 Å². The minimum atomic E-state index is -0.0639. The summed E-state index contributed by atoms with van der Waals surface area (Å²) in [5, 5.41) is 8.07. The van der Waals surface area contributed by atoms with Gasteiger partial charge < -0.3 is 19.1 Å². The molecule has 0 atom stereocenters. The van der Waals surface area contributed by atoms with Crippen molar-refractivity contribution >= 4 is 11.7 Å². The van der Waals surface area contributed by atoms with E-state index in [1.807, 2.05) is 22.6 Å². The van der Waals surface area contributed by atoms with E-state index in [2.05, 4.69) is 15.2 Å². The number of ether oxygens (including phenoxy) is 1. The molecule has 0 aliphatic rings. The van der Waals surface area contributed by atoms with Crippen molar-refractivity contribution in [2.75, 3.05) is 39.8 Å². The number of carbonyl (C=O) groups excluding carboxylic acids is 1. The van der Waals surface area contributed by atoms with Gasteiger partial charge in [0.1, 0.15) is 12.1 Å². The highest BCUT2D eigenvalue weighted by molar-refractivity contribution is 5.93. The van der Waals surface area contributed by atoms with Crippen molar-refractivity contribution in [2.24, 2.45) is 0 Å². The molecule has 0 fully saturated rings. The fourth-order valence-electron chi connectivity index (χ4n) is 2.07. The molecular weight excluding hydrogens is 296 g/mol. The highest BCUT2D eigenvalue weighted by atomic mass is 16.5. The molecule has 23 heavy (non-hydrogen) atoms. The maximum Gasteiger partial charge on any atom is 0.254 e. The fourth-order valence-corrected chi connectivity index (χ4v) is 2.07. The van der Waals surface area contributed by atoms with Crippen molar-refractivity contribution in [3.63, 3.8) is 0 Å². The Morgan fingerprint density at radius 3 is 2.70 bits per heavy atom. The summed E-state index contributed by atoms with van der Waals surface area (Å²) >= 11 is 0. The molecule has 0 aliphatic carbocycles. The number of aromatic nitrogens is 4. The second kappa shape index (κ2) is 7.68. The maximum atomic E-state index is 11.9. The van der Waals surface area contributed by atoms with E-state index in [-0.39, 0.29) is 5.91 Å². The second-order valence-corrected chi connectivity index (χ2v) is 5.39. The van der Waals surface area contributed by atoms with E-state index in [4.69, 9.17) is 4.74 Å². The van der Waals surface area contributed by atoms with E-state index >= 15 is 0 Å². The quantitative estimate of drug-likeness (QED) is 0.746. The van der Waals surface area contributed by atoms with Crippen LogP contribution in [0, 0.1) is 0 Å². The first-order valence-corrected chi connectivity index (χ1v) is 7.27. The predicted octanol–water partition coefficient (Wildman–Crippen LogP) is 0.658. The molecule has 2 aromatic rings. The Morgan fingerprint density at radius 2 is 2.09 bits per heavy atom. The van der Waals surface area contributed by atoms with Crippen LogP contribution in [0.1, 0.15) is 16.2 Å². The molecule has 124 valence electrons. The Morgan fingerprint density at radius 1 is 1.30 bits per heavy atom. The summed E-state index contributed by atoms with van der Waals surface area (Å²) in [4.78, 5) is 19.7. The van der Waals surface area contributed by atoms with E-state index in [0.717, 1.165) is 11.6 Å². The van der Waals surface area contributed by atoms with Gasteiger partial charge in [0.2, 0.25) is 0 Å². The zero-order valence-electron chi connectivity index (χ0n) is 13.9. The highest BCUT2D eigenvalue weighted by Crippen LogP contribution is 2.13. The monoisotopic (exact) mass is 318 g/mol. The molecule has 0 unspecified atom stereocenters. The molecule has 2 heterocycles. The van der Waals surface area contributed by atoms with Crippen LogP contribution < -0.4 is 4.90 Å². The van der Waals surface area contributed by atoms with Crippen LogP contribution in [-0.2, 0) is 17.8 Å². The number of nitrogens with zero attached hydrogens (tertiary/aromatic N) is 6. The van der Waals surface area contributed by atoms with Crippen LogP contribution in [0.25, 0.3) is 0 Å². The molecule has 2 aromatic heterocycles. The Bertz CT molecular complexity index is 638. The summed E-state index contributed by atoms with van der Waals surface area (Å²) in [7, 11) is 7.02. The Kier molecular flexibility index (Phi) is 5.64. The third-order valence-electron chi connectivity index (χ3n) is 3.40. The summed E-state index contributed by atoms with van der Waals surface area (Å²) in [6.45, 7) is 1.88. The molecule has 0 saturated carbocycles. The highest BCUT2D eigenvalue weighted by Gasteiger charge is 2.12. The topological polar surface area (TPSA) is 76.4 Å². The molecular formula is C15H22N6O2. The SMILES string of the molecule is COCCn1cnnc1CN(C)c1ccc(C(=O)N(C)C)cn1. The summed E-state index contributed by atoms with van der Waals surface area (Å²) in [6.07, 6.45) is 3.28. The number of rotatable bonds is 7. The summed E-state index contributed by atoms with van der Waals surface area (Å²) in [5.41, 5.74) is 0.565. The van der Waals surface area contributed by atoms with Crippen molar-refractivity contribution in [1.29, 1.82) is 0 Å². The van der Waals surface area contributed by atoms with E-state index in [9.17, 15) is 4.79 Å². The van der Waals surface area contributed by atoms with Gasteiger partial charge in [0.05, 0.1) is 18.7 Å². The average Bonchev–Trinajstić information content (AvgIpc) is 2.99. The largest absolute Gasteiger partial charge is 0.383 e. The van der Waals surface area contributed by atoms with Gasteiger partial charge in [-0.2, -0.15) is 0 Å². The van der Waals surface area contributed by atoms with E-state index in [1.165, 1.54) is 4.90 Å². The Hall–Kier alpha value is -2.48. The number of anilines is 1. The van der Waals surface area contributed by atoms with Crippen LogP contribution >= 0.6 is 0 Å². The zero-order valence-corrected chi connectivity index (χ0v) is 13.9. The van der Waals surface area contributed by atoms with Gasteiger partial charge in [-0.3, -0.25) is 4.79 Å². The number of pyridine rings is 1. The van der Waals surface area contributed by atoms with Gasteiger partial charge in [-0.05, 0) is 12.1 Å². The number of amides is 1. The molecule has 0 saturated heterocycles. The van der Waals surface area contributed by atoms with Crippen LogP contribution in [0.3, 0.4) is 0 Å². The first kappa shape index (κ1) is 16.9. The van der Waals surface area contributed by atoms with Gasteiger partial charge in [0.15, 0.2) is 5.82 Å². The third-order valence-corrected chi connectivity index (χ3v) is 3.40. The van der Waals surface area contributed by atoms with Crippen molar-refractivity contribution in [1.82, 2.24) is 24.6 Å². The predicted molar refractivity (Wildman–Crippen MR) is 86.3 cm³/mol. The van der Waals surface area contributed by atoms with E-state index in [1.54, 1.807) is 39.8 Å². The lowest BCUT2D eigenvalue weighted by atomic mass is 10.2. The van der Waals surface area contributed by atoms with Gasteiger partial charge in [-0.25, -0.2) is 4.98 Å². The molecule has 0 spiro atoms. The van der Waals surface area contributed by atoms with Gasteiger partial charge in [-0.1, -0.05) is 0 Å². The van der Waals surface area contributed by atoms with Crippen molar-refractivity contribution in [3.8, 4) is 0 Å². The normalized spacial score (nSPS) is 10.6. The molecule has 0 radical (unpaired) electrons.